The van der Waals surface area contributed by atoms with Crippen molar-refractivity contribution in [1.29, 1.82) is 0 Å². The highest BCUT2D eigenvalue weighted by Gasteiger charge is 2.23. The quantitative estimate of drug-likeness (QED) is 0.855. The lowest BCUT2D eigenvalue weighted by atomic mass is 10.2. The molecule has 0 aliphatic heterocycles. The molecule has 0 aliphatic carbocycles. The Labute approximate surface area is 128 Å². The summed E-state index contributed by atoms with van der Waals surface area (Å²) in [5.41, 5.74) is 5.77. The number of carbonyl (C=O) groups excluding carboxylic acids is 2. The van der Waals surface area contributed by atoms with Crippen molar-refractivity contribution in [3.63, 3.8) is 0 Å². The van der Waals surface area contributed by atoms with Crippen LogP contribution in [-0.2, 0) is 4.74 Å². The number of methoxy groups -OCH3 is 1. The minimum Gasteiger partial charge on any atom is -0.465 e. The van der Waals surface area contributed by atoms with Crippen LogP contribution >= 0.6 is 15.9 Å². The van der Waals surface area contributed by atoms with E-state index in [1.54, 1.807) is 12.1 Å². The zero-order valence-corrected chi connectivity index (χ0v) is 12.6. The van der Waals surface area contributed by atoms with Crippen LogP contribution in [0.4, 0.5) is 16.3 Å². The monoisotopic (exact) mass is 350 g/mol. The molecule has 0 unspecified atom stereocenters. The molecular weight excluding hydrogens is 340 g/mol. The SMILES string of the molecule is COC(=O)c1ccncc1N(C(N)=O)c1ccc(Br)cn1. The van der Waals surface area contributed by atoms with Gasteiger partial charge >= 0.3 is 12.0 Å². The number of amides is 2. The van der Waals surface area contributed by atoms with Crippen LogP contribution in [0.3, 0.4) is 0 Å². The normalized spacial score (nSPS) is 10.0. The van der Waals surface area contributed by atoms with E-state index < -0.39 is 12.0 Å². The number of rotatable bonds is 3. The van der Waals surface area contributed by atoms with Crippen molar-refractivity contribution in [2.24, 2.45) is 5.73 Å². The molecule has 0 aliphatic rings. The third kappa shape index (κ3) is 3.16. The number of primary amides is 1. The highest BCUT2D eigenvalue weighted by molar-refractivity contribution is 9.10. The lowest BCUT2D eigenvalue weighted by molar-refractivity contribution is 0.0601. The fraction of sp³-hybridized carbons (Fsp3) is 0.0769. The molecule has 2 rings (SSSR count). The molecule has 2 aromatic heterocycles. The molecule has 21 heavy (non-hydrogen) atoms. The third-order valence-corrected chi connectivity index (χ3v) is 3.08. The topological polar surface area (TPSA) is 98.4 Å². The first-order chi connectivity index (χ1) is 10.0. The zero-order valence-electron chi connectivity index (χ0n) is 11.0. The Bertz CT molecular complexity index is 675. The van der Waals surface area contributed by atoms with Crippen LogP contribution in [0.25, 0.3) is 0 Å². The van der Waals surface area contributed by atoms with Crippen LogP contribution in [0.15, 0.2) is 41.3 Å². The summed E-state index contributed by atoms with van der Waals surface area (Å²) in [4.78, 5) is 32.7. The minimum absolute atomic E-state index is 0.163. The fourth-order valence-corrected chi connectivity index (χ4v) is 1.94. The maximum absolute atomic E-state index is 11.8. The molecular formula is C13H11BrN4O3. The molecule has 2 aromatic rings. The van der Waals surface area contributed by atoms with Crippen LogP contribution in [0.2, 0.25) is 0 Å². The predicted octanol–water partition coefficient (Wildman–Crippen LogP) is 2.24. The lowest BCUT2D eigenvalue weighted by Gasteiger charge is -2.21. The second-order valence-corrected chi connectivity index (χ2v) is 4.81. The summed E-state index contributed by atoms with van der Waals surface area (Å²) in [7, 11) is 1.25. The van der Waals surface area contributed by atoms with Crippen LogP contribution < -0.4 is 10.6 Å². The molecule has 7 nitrogen and oxygen atoms in total. The summed E-state index contributed by atoms with van der Waals surface area (Å²) in [6, 6.07) is 3.94. The van der Waals surface area contributed by atoms with Gasteiger partial charge in [0.15, 0.2) is 0 Å². The third-order valence-electron chi connectivity index (χ3n) is 2.61. The van der Waals surface area contributed by atoms with Crippen molar-refractivity contribution in [2.75, 3.05) is 12.0 Å². The molecule has 0 spiro atoms. The Kier molecular flexibility index (Phi) is 4.49. The smallest absolute Gasteiger partial charge is 0.340 e. The number of pyridine rings is 2. The standard InChI is InChI=1S/C13H11BrN4O3/c1-21-12(19)9-4-5-16-7-10(9)18(13(15)20)11-3-2-8(14)6-17-11/h2-7H,1H3,(H2,15,20). The van der Waals surface area contributed by atoms with E-state index in [4.69, 9.17) is 5.73 Å². The summed E-state index contributed by atoms with van der Waals surface area (Å²) in [6.45, 7) is 0. The average Bonchev–Trinajstić information content (AvgIpc) is 2.49. The lowest BCUT2D eigenvalue weighted by Crippen LogP contribution is -2.33. The van der Waals surface area contributed by atoms with Gasteiger partial charge in [-0.15, -0.1) is 0 Å². The second-order valence-electron chi connectivity index (χ2n) is 3.89. The molecule has 108 valence electrons. The molecule has 8 heteroatoms. The number of aromatic nitrogens is 2. The Hall–Kier alpha value is -2.48. The van der Waals surface area contributed by atoms with Gasteiger partial charge in [-0.3, -0.25) is 4.98 Å². The van der Waals surface area contributed by atoms with E-state index in [0.29, 0.717) is 0 Å². The number of carbonyl (C=O) groups is 2. The Balaban J connectivity index is 2.56. The number of nitrogens with zero attached hydrogens (tertiary/aromatic N) is 3. The van der Waals surface area contributed by atoms with E-state index in [0.717, 1.165) is 9.37 Å². The van der Waals surface area contributed by atoms with E-state index in [9.17, 15) is 9.59 Å². The van der Waals surface area contributed by atoms with Gasteiger partial charge in [0.2, 0.25) is 0 Å². The molecule has 0 aromatic carbocycles. The fourth-order valence-electron chi connectivity index (χ4n) is 1.70. The minimum atomic E-state index is -0.789. The molecule has 2 amide bonds. The molecule has 0 fully saturated rings. The number of anilines is 2. The summed E-state index contributed by atoms with van der Waals surface area (Å²) in [5.74, 6) is -0.334. The molecule has 0 saturated heterocycles. The van der Waals surface area contributed by atoms with Gasteiger partial charge in [0.25, 0.3) is 0 Å². The molecule has 0 atom stereocenters. The first kappa shape index (κ1) is 14.9. The van der Waals surface area contributed by atoms with Crippen LogP contribution in [-0.4, -0.2) is 29.1 Å². The molecule has 0 radical (unpaired) electrons. The van der Waals surface area contributed by atoms with Crippen molar-refractivity contribution < 1.29 is 14.3 Å². The molecule has 0 saturated carbocycles. The summed E-state index contributed by atoms with van der Waals surface area (Å²) in [5, 5.41) is 0. The van der Waals surface area contributed by atoms with Gasteiger partial charge in [-0.25, -0.2) is 19.5 Å². The van der Waals surface area contributed by atoms with Crippen LogP contribution in [0.1, 0.15) is 10.4 Å². The van der Waals surface area contributed by atoms with E-state index in [-0.39, 0.29) is 17.1 Å². The maximum atomic E-state index is 11.8. The number of urea groups is 1. The Morgan fingerprint density at radius 2 is 2.05 bits per heavy atom. The van der Waals surface area contributed by atoms with E-state index in [1.807, 2.05) is 0 Å². The highest BCUT2D eigenvalue weighted by atomic mass is 79.9. The van der Waals surface area contributed by atoms with Crippen LogP contribution in [0.5, 0.6) is 0 Å². The molecule has 2 heterocycles. The van der Waals surface area contributed by atoms with Crippen molar-refractivity contribution in [3.05, 3.63) is 46.8 Å². The van der Waals surface area contributed by atoms with Crippen molar-refractivity contribution in [2.45, 2.75) is 0 Å². The summed E-state index contributed by atoms with van der Waals surface area (Å²) >= 11 is 3.25. The number of hydrogen-bond acceptors (Lipinski definition) is 5. The zero-order chi connectivity index (χ0) is 15.4. The second kappa shape index (κ2) is 6.31. The Morgan fingerprint density at radius 1 is 1.29 bits per heavy atom. The first-order valence-corrected chi connectivity index (χ1v) is 6.57. The summed E-state index contributed by atoms with van der Waals surface area (Å²) in [6.07, 6.45) is 4.28. The van der Waals surface area contributed by atoms with Crippen molar-refractivity contribution in [1.82, 2.24) is 9.97 Å². The predicted molar refractivity (Wildman–Crippen MR) is 79.2 cm³/mol. The number of halogens is 1. The maximum Gasteiger partial charge on any atom is 0.340 e. The number of nitrogens with two attached hydrogens (primary N) is 1. The van der Waals surface area contributed by atoms with E-state index in [1.165, 1.54) is 31.8 Å². The van der Waals surface area contributed by atoms with Gasteiger partial charge in [0.1, 0.15) is 5.82 Å². The molecule has 2 N–H and O–H groups in total. The Morgan fingerprint density at radius 3 is 2.62 bits per heavy atom. The van der Waals surface area contributed by atoms with Crippen molar-refractivity contribution >= 4 is 39.4 Å². The largest absolute Gasteiger partial charge is 0.465 e. The van der Waals surface area contributed by atoms with Gasteiger partial charge in [-0.05, 0) is 34.1 Å². The van der Waals surface area contributed by atoms with E-state index >= 15 is 0 Å². The average molecular weight is 351 g/mol. The number of ether oxygens (including phenoxy) is 1. The first-order valence-electron chi connectivity index (χ1n) is 5.78. The number of esters is 1. The van der Waals surface area contributed by atoms with Gasteiger partial charge in [-0.2, -0.15) is 0 Å². The van der Waals surface area contributed by atoms with Gasteiger partial charge < -0.3 is 10.5 Å². The van der Waals surface area contributed by atoms with Crippen molar-refractivity contribution in [3.8, 4) is 0 Å². The highest BCUT2D eigenvalue weighted by Crippen LogP contribution is 2.27. The number of hydrogen-bond donors (Lipinski definition) is 1. The van der Waals surface area contributed by atoms with Gasteiger partial charge in [-0.1, -0.05) is 0 Å². The molecule has 0 bridgehead atoms. The van der Waals surface area contributed by atoms with Crippen LogP contribution in [0, 0.1) is 0 Å². The summed E-state index contributed by atoms with van der Waals surface area (Å²) < 4.78 is 5.43. The van der Waals surface area contributed by atoms with Gasteiger partial charge in [0.05, 0.1) is 24.6 Å². The van der Waals surface area contributed by atoms with Gasteiger partial charge in [0, 0.05) is 16.9 Å². The van der Waals surface area contributed by atoms with E-state index in [2.05, 4.69) is 30.6 Å².